The van der Waals surface area contributed by atoms with Gasteiger partial charge < -0.3 is 54.6 Å². The summed E-state index contributed by atoms with van der Waals surface area (Å²) in [5.41, 5.74) is 17.2. The zero-order valence-electron chi connectivity index (χ0n) is 39.1. The molecule has 0 fully saturated rings. The van der Waals surface area contributed by atoms with Crippen LogP contribution in [0.15, 0.2) is 134 Å². The molecule has 0 aliphatic rings. The standard InChI is InChI=1S/C54H48N6O11/c1-31-45(43-15-5-7-21-59(43)47(31)49(61)33-17-19-41(55)39(29-33)53(65)67-3)57-51(63)35-11-9-13-37(27-35)70-25-23-69-24-26-71-38-14-10-12-36(28-38)52(64)58-46-32(2)48(60-22-8-6-16-44(46)60)50(62)34-18-20-42(56)40(30-34)54(66)68-4/h5-22,27-30H,23-26,55-56H2,1-4H3,(H,57,63)(H,58,64). The third-order valence-electron chi connectivity index (χ3n) is 11.7. The van der Waals surface area contributed by atoms with Crippen molar-refractivity contribution in [3.8, 4) is 11.5 Å². The first-order chi connectivity index (χ1) is 34.3. The molecule has 4 aromatic carbocycles. The number of pyridine rings is 2. The second kappa shape index (κ2) is 21.0. The summed E-state index contributed by atoms with van der Waals surface area (Å²) in [6.07, 6.45) is 3.44. The van der Waals surface area contributed by atoms with Gasteiger partial charge in [0.2, 0.25) is 11.6 Å². The van der Waals surface area contributed by atoms with Crippen LogP contribution in [0.2, 0.25) is 0 Å². The van der Waals surface area contributed by atoms with E-state index in [9.17, 15) is 28.8 Å². The molecule has 6 N–H and O–H groups in total. The van der Waals surface area contributed by atoms with Crippen LogP contribution >= 0.6 is 0 Å². The molecule has 0 saturated heterocycles. The van der Waals surface area contributed by atoms with Gasteiger partial charge in [0.15, 0.2) is 0 Å². The number of ether oxygens (including phenoxy) is 5. The molecule has 17 nitrogen and oxygen atoms in total. The van der Waals surface area contributed by atoms with Crippen molar-refractivity contribution < 1.29 is 52.5 Å². The van der Waals surface area contributed by atoms with E-state index in [0.717, 1.165) is 0 Å². The largest absolute Gasteiger partial charge is 0.491 e. The number of carbonyl (C=O) groups is 6. The fourth-order valence-electron chi connectivity index (χ4n) is 8.15. The van der Waals surface area contributed by atoms with Gasteiger partial charge in [-0.15, -0.1) is 0 Å². The Hall–Kier alpha value is -9.22. The lowest BCUT2D eigenvalue weighted by molar-refractivity contribution is 0.0593. The summed E-state index contributed by atoms with van der Waals surface area (Å²) in [5, 5.41) is 5.94. The molecule has 0 saturated carbocycles. The number of nitrogen functional groups attached to an aromatic ring is 2. The van der Waals surface area contributed by atoms with Crippen molar-refractivity contribution in [3.63, 3.8) is 0 Å². The van der Waals surface area contributed by atoms with Gasteiger partial charge in [0, 0.05) is 57.1 Å². The predicted molar refractivity (Wildman–Crippen MR) is 266 cm³/mol. The molecule has 2 amide bonds. The Labute approximate surface area is 406 Å². The van der Waals surface area contributed by atoms with E-state index in [1.54, 1.807) is 120 Å². The zero-order chi connectivity index (χ0) is 50.3. The molecule has 0 atom stereocenters. The molecule has 4 aromatic heterocycles. The van der Waals surface area contributed by atoms with Crippen LogP contribution in [0.5, 0.6) is 11.5 Å². The van der Waals surface area contributed by atoms with Gasteiger partial charge >= 0.3 is 11.9 Å². The van der Waals surface area contributed by atoms with Crippen LogP contribution < -0.4 is 31.6 Å². The lowest BCUT2D eigenvalue weighted by Gasteiger charge is -2.11. The van der Waals surface area contributed by atoms with Crippen LogP contribution in [0.25, 0.3) is 11.0 Å². The number of esters is 2. The summed E-state index contributed by atoms with van der Waals surface area (Å²) in [6.45, 7) is 4.25. The Morgan fingerprint density at radius 2 is 0.915 bits per heavy atom. The first kappa shape index (κ1) is 48.2. The van der Waals surface area contributed by atoms with Gasteiger partial charge in [-0.05, 0) is 111 Å². The Bertz CT molecular complexity index is 3190. The number of rotatable bonds is 18. The highest BCUT2D eigenvalue weighted by Gasteiger charge is 2.27. The number of hydrogen-bond acceptors (Lipinski definition) is 13. The highest BCUT2D eigenvalue weighted by molar-refractivity contribution is 6.16. The van der Waals surface area contributed by atoms with Gasteiger partial charge in [0.1, 0.15) is 24.7 Å². The van der Waals surface area contributed by atoms with Crippen LogP contribution in [0.1, 0.15) is 84.7 Å². The molecule has 0 radical (unpaired) electrons. The van der Waals surface area contributed by atoms with Crippen molar-refractivity contribution in [3.05, 3.63) is 190 Å². The maximum Gasteiger partial charge on any atom is 0.339 e. The van der Waals surface area contributed by atoms with Gasteiger partial charge in [-0.2, -0.15) is 0 Å². The first-order valence-corrected chi connectivity index (χ1v) is 22.2. The maximum absolute atomic E-state index is 13.9. The van der Waals surface area contributed by atoms with E-state index in [-0.39, 0.29) is 71.6 Å². The van der Waals surface area contributed by atoms with E-state index in [1.165, 1.54) is 50.6 Å². The number of benzene rings is 4. The van der Waals surface area contributed by atoms with Crippen molar-refractivity contribution in [2.75, 3.05) is 62.7 Å². The zero-order valence-corrected chi connectivity index (χ0v) is 39.1. The van der Waals surface area contributed by atoms with Crippen molar-refractivity contribution in [2.24, 2.45) is 0 Å². The van der Waals surface area contributed by atoms with Crippen molar-refractivity contribution in [1.82, 2.24) is 8.80 Å². The minimum absolute atomic E-state index is 0.0692. The molecule has 8 aromatic rings. The Morgan fingerprint density at radius 3 is 1.32 bits per heavy atom. The molecule has 0 unspecified atom stereocenters. The summed E-state index contributed by atoms with van der Waals surface area (Å²) in [5.74, 6) is -2.07. The van der Waals surface area contributed by atoms with Crippen LogP contribution in [0, 0.1) is 13.8 Å². The average molecular weight is 957 g/mol. The molecule has 360 valence electrons. The number of hydrogen-bond donors (Lipinski definition) is 4. The van der Waals surface area contributed by atoms with Crippen LogP contribution in [0.4, 0.5) is 22.7 Å². The number of nitrogens with one attached hydrogen (secondary N) is 2. The predicted octanol–water partition coefficient (Wildman–Crippen LogP) is 7.99. The quantitative estimate of drug-likeness (QED) is 0.0277. The maximum atomic E-state index is 13.9. The van der Waals surface area contributed by atoms with Gasteiger partial charge in [0.05, 0.1) is 72.4 Å². The molecule has 71 heavy (non-hydrogen) atoms. The number of aromatic nitrogens is 2. The smallest absolute Gasteiger partial charge is 0.339 e. The minimum Gasteiger partial charge on any atom is -0.491 e. The summed E-state index contributed by atoms with van der Waals surface area (Å²) < 4.78 is 30.6. The Kier molecular flexibility index (Phi) is 14.2. The number of methoxy groups -OCH3 is 2. The SMILES string of the molecule is COC(=O)c1cc(C(=O)c2c(C)c(NC(=O)c3cccc(OCCOCCOc4cccc(C(=O)Nc5c(C)c(C(=O)c6ccc(N)c(C(=O)OC)c6)n6ccccc56)c4)c3)c3ccccn23)ccc1N. The number of anilines is 4. The Balaban J connectivity index is 0.840. The lowest BCUT2D eigenvalue weighted by Crippen LogP contribution is -2.14. The van der Waals surface area contributed by atoms with E-state index in [4.69, 9.17) is 35.2 Å². The molecule has 17 heteroatoms. The van der Waals surface area contributed by atoms with Crippen molar-refractivity contribution >= 4 is 69.1 Å². The monoisotopic (exact) mass is 956 g/mol. The molecule has 0 aliphatic heterocycles. The second-order valence-electron chi connectivity index (χ2n) is 16.1. The molecular weight excluding hydrogens is 909 g/mol. The van der Waals surface area contributed by atoms with Gasteiger partial charge in [-0.1, -0.05) is 24.3 Å². The number of nitrogens with zero attached hydrogens (tertiary/aromatic N) is 2. The van der Waals surface area contributed by atoms with Crippen molar-refractivity contribution in [1.29, 1.82) is 0 Å². The topological polar surface area (TPSA) is 233 Å². The van der Waals surface area contributed by atoms with Crippen LogP contribution in [0.3, 0.4) is 0 Å². The van der Waals surface area contributed by atoms with Crippen molar-refractivity contribution in [2.45, 2.75) is 13.8 Å². The fourth-order valence-corrected chi connectivity index (χ4v) is 8.15. The fraction of sp³-hybridized carbons (Fsp3) is 0.148. The average Bonchev–Trinajstić information content (AvgIpc) is 3.83. The molecular formula is C54H48N6O11. The Morgan fingerprint density at radius 1 is 0.493 bits per heavy atom. The number of fused-ring (bicyclic) bond motifs is 2. The third-order valence-corrected chi connectivity index (χ3v) is 11.7. The molecule has 8 rings (SSSR count). The summed E-state index contributed by atoms with van der Waals surface area (Å²) in [4.78, 5) is 79.8. The van der Waals surface area contributed by atoms with Gasteiger partial charge in [0.25, 0.3) is 11.8 Å². The van der Waals surface area contributed by atoms with E-state index >= 15 is 0 Å². The lowest BCUT2D eigenvalue weighted by atomic mass is 10.0. The van der Waals surface area contributed by atoms with E-state index < -0.39 is 23.8 Å². The molecule has 0 spiro atoms. The summed E-state index contributed by atoms with van der Waals surface area (Å²) >= 11 is 0. The van der Waals surface area contributed by atoms with E-state index in [2.05, 4.69) is 10.6 Å². The number of carbonyl (C=O) groups excluding carboxylic acids is 6. The minimum atomic E-state index is -0.667. The van der Waals surface area contributed by atoms with Gasteiger partial charge in [-0.3, -0.25) is 19.2 Å². The summed E-state index contributed by atoms with van der Waals surface area (Å²) in [7, 11) is 2.46. The first-order valence-electron chi connectivity index (χ1n) is 22.2. The summed E-state index contributed by atoms with van der Waals surface area (Å²) in [6, 6.07) is 32.9. The van der Waals surface area contributed by atoms with E-state index in [1.807, 2.05) is 0 Å². The van der Waals surface area contributed by atoms with Crippen LogP contribution in [-0.4, -0.2) is 84.8 Å². The number of amides is 2. The van der Waals surface area contributed by atoms with Crippen LogP contribution in [-0.2, 0) is 14.2 Å². The molecule has 0 aliphatic carbocycles. The van der Waals surface area contributed by atoms with Gasteiger partial charge in [-0.25, -0.2) is 9.59 Å². The third kappa shape index (κ3) is 10.0. The second-order valence-corrected chi connectivity index (χ2v) is 16.1. The number of nitrogens with two attached hydrogens (primary N) is 2. The molecule has 4 heterocycles. The normalized spacial score (nSPS) is 11.0. The molecule has 0 bridgehead atoms. The van der Waals surface area contributed by atoms with E-state index in [0.29, 0.717) is 67.5 Å². The highest BCUT2D eigenvalue weighted by Crippen LogP contribution is 2.33. The highest BCUT2D eigenvalue weighted by atomic mass is 16.5. The number of ketones is 2.